The molecule has 1 aromatic rings. The fourth-order valence-corrected chi connectivity index (χ4v) is 2.66. The molecule has 2 unspecified atom stereocenters. The average Bonchev–Trinajstić information content (AvgIpc) is 2.58. The fourth-order valence-electron chi connectivity index (χ4n) is 2.66. The van der Waals surface area contributed by atoms with Gasteiger partial charge in [0.25, 0.3) is 0 Å². The fraction of sp³-hybridized carbons (Fsp3) is 0.294. The summed E-state index contributed by atoms with van der Waals surface area (Å²) in [7, 11) is 0. The van der Waals surface area contributed by atoms with E-state index in [2.05, 4.69) is 33.1 Å². The minimum Gasteiger partial charge on any atom is -0.478 e. The van der Waals surface area contributed by atoms with Gasteiger partial charge in [0, 0.05) is 30.9 Å². The molecule has 2 aliphatic rings. The Morgan fingerprint density at radius 2 is 2.26 bits per heavy atom. The number of carboxylic acid groups (broad SMARTS) is 1. The number of hydrogen-bond donors (Lipinski definition) is 4. The summed E-state index contributed by atoms with van der Waals surface area (Å²) in [6.45, 7) is 3.73. The molecule has 120 valence electrons. The van der Waals surface area contributed by atoms with Crippen LogP contribution < -0.4 is 16.0 Å². The molecule has 2 aliphatic heterocycles. The molecule has 2 heterocycles. The van der Waals surface area contributed by atoms with Gasteiger partial charge in [0.05, 0.1) is 11.6 Å². The van der Waals surface area contributed by atoms with Crippen LogP contribution in [0.2, 0.25) is 0 Å². The first-order valence-electron chi connectivity index (χ1n) is 7.63. The number of benzene rings is 1. The standard InChI is InChI=1S/C17H20N4O2/c1-11-4-5-12(16(22)23)9-15(11)21-17-19-8-6-14(20-17)13-3-2-7-18-10-13/h2-6,8-9,13-14,18H,7,10H2,1H3,(H,22,23)(H2,19,20,21). The van der Waals surface area contributed by atoms with Crippen LogP contribution in [0.4, 0.5) is 5.69 Å². The molecule has 3 rings (SSSR count). The van der Waals surface area contributed by atoms with Crippen LogP contribution in [0.25, 0.3) is 0 Å². The molecule has 0 aromatic heterocycles. The van der Waals surface area contributed by atoms with Crippen molar-refractivity contribution in [2.45, 2.75) is 13.0 Å². The van der Waals surface area contributed by atoms with E-state index in [0.717, 1.165) is 24.3 Å². The molecule has 6 nitrogen and oxygen atoms in total. The molecule has 0 aliphatic carbocycles. The Kier molecular flexibility index (Phi) is 4.43. The van der Waals surface area contributed by atoms with E-state index in [0.29, 0.717) is 11.9 Å². The van der Waals surface area contributed by atoms with Crippen molar-refractivity contribution in [2.75, 3.05) is 18.4 Å². The third-order valence-electron chi connectivity index (χ3n) is 3.99. The van der Waals surface area contributed by atoms with Crippen LogP contribution in [0.1, 0.15) is 15.9 Å². The minimum atomic E-state index is -0.942. The maximum Gasteiger partial charge on any atom is 0.335 e. The predicted molar refractivity (Wildman–Crippen MR) is 90.8 cm³/mol. The Hall–Kier alpha value is -2.60. The maximum atomic E-state index is 11.1. The van der Waals surface area contributed by atoms with Gasteiger partial charge in [-0.15, -0.1) is 0 Å². The first-order valence-corrected chi connectivity index (χ1v) is 7.63. The number of anilines is 1. The van der Waals surface area contributed by atoms with Crippen molar-refractivity contribution >= 4 is 17.6 Å². The van der Waals surface area contributed by atoms with Gasteiger partial charge in [-0.2, -0.15) is 0 Å². The van der Waals surface area contributed by atoms with Gasteiger partial charge >= 0.3 is 5.97 Å². The predicted octanol–water partition coefficient (Wildman–Crippen LogP) is 1.72. The number of nitrogens with zero attached hydrogens (tertiary/aromatic N) is 1. The number of carboxylic acids is 1. The Labute approximate surface area is 135 Å². The number of nitrogens with one attached hydrogen (secondary N) is 3. The summed E-state index contributed by atoms with van der Waals surface area (Å²) in [5.41, 5.74) is 1.95. The summed E-state index contributed by atoms with van der Waals surface area (Å²) >= 11 is 0. The molecule has 2 atom stereocenters. The highest BCUT2D eigenvalue weighted by Crippen LogP contribution is 2.19. The van der Waals surface area contributed by atoms with Crippen LogP contribution in [0, 0.1) is 12.8 Å². The third kappa shape index (κ3) is 3.60. The summed E-state index contributed by atoms with van der Waals surface area (Å²) in [5, 5.41) is 18.7. The summed E-state index contributed by atoms with van der Waals surface area (Å²) < 4.78 is 0. The number of rotatable bonds is 3. The van der Waals surface area contributed by atoms with Gasteiger partial charge in [0.15, 0.2) is 5.96 Å². The second-order valence-electron chi connectivity index (χ2n) is 5.68. The van der Waals surface area contributed by atoms with Gasteiger partial charge in [-0.3, -0.25) is 0 Å². The molecule has 0 bridgehead atoms. The number of aryl methyl sites for hydroxylation is 1. The van der Waals surface area contributed by atoms with E-state index in [1.165, 1.54) is 0 Å². The summed E-state index contributed by atoms with van der Waals surface area (Å²) in [6, 6.07) is 5.07. The van der Waals surface area contributed by atoms with Crippen molar-refractivity contribution in [2.24, 2.45) is 10.9 Å². The molecular formula is C17H20N4O2. The molecule has 1 aromatic carbocycles. The molecule has 23 heavy (non-hydrogen) atoms. The molecule has 0 amide bonds. The zero-order valence-electron chi connectivity index (χ0n) is 12.9. The molecule has 0 radical (unpaired) electrons. The lowest BCUT2D eigenvalue weighted by molar-refractivity contribution is 0.0697. The zero-order chi connectivity index (χ0) is 16.2. The zero-order valence-corrected chi connectivity index (χ0v) is 12.9. The van der Waals surface area contributed by atoms with E-state index in [1.807, 2.05) is 19.2 Å². The molecule has 0 fully saturated rings. The van der Waals surface area contributed by atoms with Crippen LogP contribution in [-0.4, -0.2) is 36.2 Å². The smallest absolute Gasteiger partial charge is 0.335 e. The highest BCUT2D eigenvalue weighted by atomic mass is 16.4. The Morgan fingerprint density at radius 3 is 3.00 bits per heavy atom. The van der Waals surface area contributed by atoms with E-state index in [9.17, 15) is 4.79 Å². The summed E-state index contributed by atoms with van der Waals surface area (Å²) in [4.78, 5) is 15.8. The lowest BCUT2D eigenvalue weighted by Gasteiger charge is -2.25. The average molecular weight is 312 g/mol. The molecule has 6 heteroatoms. The maximum absolute atomic E-state index is 11.1. The Morgan fingerprint density at radius 1 is 1.39 bits per heavy atom. The highest BCUT2D eigenvalue weighted by molar-refractivity contribution is 5.97. The molecule has 0 spiro atoms. The third-order valence-corrected chi connectivity index (χ3v) is 3.99. The molecular weight excluding hydrogens is 292 g/mol. The van der Waals surface area contributed by atoms with Gasteiger partial charge in [-0.25, -0.2) is 9.79 Å². The second kappa shape index (κ2) is 6.66. The number of aliphatic imine (C=N–C) groups is 1. The second-order valence-corrected chi connectivity index (χ2v) is 5.68. The van der Waals surface area contributed by atoms with Crippen LogP contribution in [0.3, 0.4) is 0 Å². The van der Waals surface area contributed by atoms with Crippen LogP contribution in [0.15, 0.2) is 47.6 Å². The lowest BCUT2D eigenvalue weighted by Crippen LogP contribution is -2.37. The monoisotopic (exact) mass is 312 g/mol. The van der Waals surface area contributed by atoms with E-state index >= 15 is 0 Å². The van der Waals surface area contributed by atoms with Crippen molar-refractivity contribution < 1.29 is 9.90 Å². The van der Waals surface area contributed by atoms with Crippen molar-refractivity contribution in [3.63, 3.8) is 0 Å². The summed E-state index contributed by atoms with van der Waals surface area (Å²) in [5.74, 6) is 0.00949. The number of guanidine groups is 1. The number of carbonyl (C=O) groups is 1. The van der Waals surface area contributed by atoms with E-state index < -0.39 is 5.97 Å². The first-order chi connectivity index (χ1) is 11.1. The topological polar surface area (TPSA) is 85.8 Å². The van der Waals surface area contributed by atoms with Crippen LogP contribution >= 0.6 is 0 Å². The Bertz CT molecular complexity index is 694. The van der Waals surface area contributed by atoms with Gasteiger partial charge in [0.1, 0.15) is 0 Å². The van der Waals surface area contributed by atoms with Crippen molar-refractivity contribution in [3.8, 4) is 0 Å². The van der Waals surface area contributed by atoms with E-state index in [4.69, 9.17) is 5.11 Å². The van der Waals surface area contributed by atoms with Gasteiger partial charge in [0.2, 0.25) is 0 Å². The van der Waals surface area contributed by atoms with Gasteiger partial charge in [-0.05, 0) is 30.7 Å². The molecule has 0 saturated heterocycles. The van der Waals surface area contributed by atoms with Crippen molar-refractivity contribution in [3.05, 3.63) is 53.8 Å². The Balaban J connectivity index is 1.78. The quantitative estimate of drug-likeness (QED) is 0.639. The van der Waals surface area contributed by atoms with Crippen molar-refractivity contribution in [1.82, 2.24) is 10.6 Å². The minimum absolute atomic E-state index is 0.0609. The number of hydrogen-bond acceptors (Lipinski definition) is 5. The SMILES string of the molecule is Cc1ccc(C(=O)O)cc1NC1=NC(C2C=CCNC2)C=CN1. The van der Waals surface area contributed by atoms with Crippen molar-refractivity contribution in [1.29, 1.82) is 0 Å². The highest BCUT2D eigenvalue weighted by Gasteiger charge is 2.20. The largest absolute Gasteiger partial charge is 0.478 e. The van der Waals surface area contributed by atoms with Gasteiger partial charge in [-0.1, -0.05) is 18.2 Å². The van der Waals surface area contributed by atoms with Gasteiger partial charge < -0.3 is 21.1 Å². The summed E-state index contributed by atoms with van der Waals surface area (Å²) in [6.07, 6.45) is 8.22. The van der Waals surface area contributed by atoms with E-state index in [1.54, 1.807) is 18.2 Å². The first kappa shape index (κ1) is 15.3. The normalized spacial score (nSPS) is 23.1. The lowest BCUT2D eigenvalue weighted by atomic mass is 9.97. The van der Waals surface area contributed by atoms with Crippen LogP contribution in [-0.2, 0) is 0 Å². The van der Waals surface area contributed by atoms with E-state index in [-0.39, 0.29) is 11.6 Å². The number of aromatic carboxylic acids is 1. The molecule has 0 saturated carbocycles. The molecule has 4 N–H and O–H groups in total. The van der Waals surface area contributed by atoms with Crippen LogP contribution in [0.5, 0.6) is 0 Å².